The van der Waals surface area contributed by atoms with Crippen molar-refractivity contribution in [2.24, 2.45) is 11.7 Å². The number of likely N-dealkylation sites (N-methyl/N-ethyl adjacent to an activating group) is 1. The molecule has 0 spiro atoms. The number of ether oxygens (including phenoxy) is 7. The highest BCUT2D eigenvalue weighted by Gasteiger charge is 2.52. The number of carboxylic acids is 1. The number of nitrogens with one attached hydrogen (secondary N) is 8. The van der Waals surface area contributed by atoms with Crippen LogP contribution in [0.5, 0.6) is 51.7 Å². The number of aliphatic carboxylic acids is 1. The molecule has 6 aromatic carbocycles. The van der Waals surface area contributed by atoms with Crippen LogP contribution in [0.25, 0.3) is 11.1 Å². The molecule has 11 bridgehead atoms. The summed E-state index contributed by atoms with van der Waals surface area (Å²) in [4.78, 5) is 129. The fourth-order valence-corrected chi connectivity index (χ4v) is 16.4. The first kappa shape index (κ1) is 93.5. The van der Waals surface area contributed by atoms with Crippen LogP contribution in [0, 0.1) is 5.92 Å². The van der Waals surface area contributed by atoms with E-state index in [1.165, 1.54) is 30.9 Å². The fraction of sp³-hybridized carbons (Fsp3) is 0.471. The number of carbonyl (C=O) groups is 9. The summed E-state index contributed by atoms with van der Waals surface area (Å²) in [6, 6.07) is 6.78. The van der Waals surface area contributed by atoms with Crippen LogP contribution < -0.4 is 67.2 Å². The first-order chi connectivity index (χ1) is 58.5. The molecule has 123 heavy (non-hydrogen) atoms. The van der Waals surface area contributed by atoms with E-state index in [4.69, 9.17) is 62.1 Å². The highest BCUT2D eigenvalue weighted by atomic mass is 35.5. The van der Waals surface area contributed by atoms with Crippen LogP contribution in [0.1, 0.15) is 169 Å². The van der Waals surface area contributed by atoms with Crippen LogP contribution in [0.4, 0.5) is 0 Å². The molecule has 0 aromatic heterocycles. The van der Waals surface area contributed by atoms with Crippen molar-refractivity contribution in [3.63, 3.8) is 0 Å². The Bertz CT molecular complexity index is 4860. The van der Waals surface area contributed by atoms with Crippen molar-refractivity contribution in [2.75, 3.05) is 26.0 Å². The number of phenols is 3. The molecule has 7 amide bonds. The van der Waals surface area contributed by atoms with Crippen molar-refractivity contribution in [3.05, 3.63) is 147 Å². The lowest BCUT2D eigenvalue weighted by Crippen LogP contribution is -2.65. The van der Waals surface area contributed by atoms with Crippen LogP contribution in [0.15, 0.2) is 103 Å². The van der Waals surface area contributed by atoms with Gasteiger partial charge in [0, 0.05) is 53.9 Å². The van der Waals surface area contributed by atoms with Gasteiger partial charge in [0.25, 0.3) is 0 Å². The average Bonchev–Trinajstić information content (AvgIpc) is 0.767. The zero-order valence-electron chi connectivity index (χ0n) is 68.1. The standard InChI is InChI=1S/C85H103Cl2N9O26S/c1-39(2)27-53(89-6)77(108)95-68-70(103)44-18-23-57(51(86)29-44)118-59-31-46-32-60(74(59)122-84-75(73(106)72(105)61(38-97)120-84)121-63-36-85(5,76(107)40(3)117-63)90-37-42-15-20-48(21-16-42)116-25-13-11-9-7-8-10-12-14-26-123-41(4)98)119-58-24-19-45(30-52(58)87)71(104)69-82(113)94-67(83(114)115)50-33-47(99)34-56(101)64(50)49-28-43(17-22-55(49)100)65(79(110)96-69)93-80(111)66(46)92-78(109)54(35-62(88)102)91-81(68)112/h15-24,28-34,39-40,53-54,61,63,65-73,75-76,84,89-90,97,99-101,103-107H,7-14,25-27,35-38H2,1-6H3,(H2,88,102)(H,91,112)(H,92,109)(H,93,111)(H,94,113)(H,95,108)(H,96,110)(H,114,115)/t40-,53+,54-,61+,63-,65+,66+,67-,68+,69-,70+,71+,72+,73-,75+,76+,84-,85-/m0/s1. The van der Waals surface area contributed by atoms with Crippen molar-refractivity contribution >= 4 is 87.4 Å². The number of thioether (sulfide) groups is 1. The number of benzene rings is 6. The second kappa shape index (κ2) is 41.6. The first-order valence-electron chi connectivity index (χ1n) is 40.3. The lowest BCUT2D eigenvalue weighted by Gasteiger charge is -2.48. The zero-order valence-corrected chi connectivity index (χ0v) is 70.4. The van der Waals surface area contributed by atoms with Gasteiger partial charge in [-0.05, 0) is 141 Å². The third kappa shape index (κ3) is 22.9. The van der Waals surface area contributed by atoms with Gasteiger partial charge in [-0.25, -0.2) is 4.79 Å². The number of unbranched alkanes of at least 4 members (excludes halogenated alkanes) is 7. The molecule has 664 valence electrons. The molecule has 18 atom stereocenters. The van der Waals surface area contributed by atoms with Gasteiger partial charge in [-0.15, -0.1) is 0 Å². The number of fused-ring (bicyclic) bond motifs is 15. The van der Waals surface area contributed by atoms with Gasteiger partial charge in [-0.1, -0.05) is 118 Å². The van der Waals surface area contributed by atoms with E-state index in [2.05, 4.69) is 42.5 Å². The summed E-state index contributed by atoms with van der Waals surface area (Å²) in [6.45, 7) is 8.26. The maximum atomic E-state index is 16.2. The number of carboxylic acid groups (broad SMARTS) is 1. The van der Waals surface area contributed by atoms with Crippen molar-refractivity contribution in [1.82, 2.24) is 42.5 Å². The Morgan fingerprint density at radius 3 is 1.89 bits per heavy atom. The number of aliphatic hydroxyl groups excluding tert-OH is 6. The molecule has 20 N–H and O–H groups in total. The summed E-state index contributed by atoms with van der Waals surface area (Å²) in [7, 11) is 1.48. The summed E-state index contributed by atoms with van der Waals surface area (Å²) in [6.07, 6.45) is -10.2. The molecule has 7 aliphatic heterocycles. The number of halogens is 2. The molecule has 13 rings (SSSR count). The Labute approximate surface area is 721 Å². The molecule has 0 aliphatic carbocycles. The summed E-state index contributed by atoms with van der Waals surface area (Å²) >= 11 is 15.7. The summed E-state index contributed by atoms with van der Waals surface area (Å²) < 4.78 is 45.6. The first-order valence-corrected chi connectivity index (χ1v) is 42.0. The van der Waals surface area contributed by atoms with E-state index in [1.54, 1.807) is 20.8 Å². The van der Waals surface area contributed by atoms with Crippen molar-refractivity contribution in [1.29, 1.82) is 0 Å². The Hall–Kier alpha value is -10.2. The Balaban J connectivity index is 1.02. The van der Waals surface area contributed by atoms with Crippen molar-refractivity contribution < 1.29 is 127 Å². The average molecular weight is 1770 g/mol. The van der Waals surface area contributed by atoms with E-state index < -0.39 is 237 Å². The van der Waals surface area contributed by atoms with Gasteiger partial charge in [-0.3, -0.25) is 38.4 Å². The molecule has 7 heterocycles. The summed E-state index contributed by atoms with van der Waals surface area (Å²) in [5, 5.41) is 137. The largest absolute Gasteiger partial charge is 0.508 e. The molecule has 0 radical (unpaired) electrons. The van der Waals surface area contributed by atoms with Crippen LogP contribution in [0.2, 0.25) is 10.0 Å². The minimum Gasteiger partial charge on any atom is -0.508 e. The maximum Gasteiger partial charge on any atom is 0.330 e. The maximum absolute atomic E-state index is 16.2. The Morgan fingerprint density at radius 2 is 1.28 bits per heavy atom. The third-order valence-electron chi connectivity index (χ3n) is 22.0. The lowest BCUT2D eigenvalue weighted by atomic mass is 9.84. The molecular weight excluding hydrogens is 1670 g/mol. The number of amides is 7. The van der Waals surface area contributed by atoms with Gasteiger partial charge in [0.05, 0.1) is 47.9 Å². The molecule has 2 fully saturated rings. The van der Waals surface area contributed by atoms with Gasteiger partial charge >= 0.3 is 5.97 Å². The number of aliphatic hydroxyl groups is 6. The van der Waals surface area contributed by atoms with Crippen LogP contribution in [-0.2, 0) is 63.9 Å². The third-order valence-corrected chi connectivity index (χ3v) is 23.5. The number of hydrogen-bond acceptors (Lipinski definition) is 28. The van der Waals surface area contributed by atoms with Gasteiger partial charge in [0.2, 0.25) is 53.4 Å². The van der Waals surface area contributed by atoms with Gasteiger partial charge in [0.1, 0.15) is 95.2 Å². The Morgan fingerprint density at radius 1 is 0.675 bits per heavy atom. The van der Waals surface area contributed by atoms with E-state index in [1.807, 2.05) is 38.1 Å². The predicted octanol–water partition coefficient (Wildman–Crippen LogP) is 5.72. The minimum absolute atomic E-state index is 0.108. The predicted molar refractivity (Wildman–Crippen MR) is 444 cm³/mol. The number of aromatic hydroxyl groups is 3. The van der Waals surface area contributed by atoms with E-state index in [-0.39, 0.29) is 57.9 Å². The van der Waals surface area contributed by atoms with Crippen LogP contribution in [0.3, 0.4) is 0 Å². The quantitative estimate of drug-likeness (QED) is 0.0261. The fourth-order valence-electron chi connectivity index (χ4n) is 15.3. The van der Waals surface area contributed by atoms with Crippen LogP contribution in [-0.4, -0.2) is 208 Å². The molecule has 7 aliphatic rings. The number of hydrogen-bond donors (Lipinski definition) is 19. The summed E-state index contributed by atoms with van der Waals surface area (Å²) in [5.74, 6) is -14.5. The van der Waals surface area contributed by atoms with Crippen LogP contribution >= 0.6 is 35.0 Å². The molecular formula is C85H103Cl2N9O26S. The minimum atomic E-state index is -2.37. The number of rotatable bonds is 28. The zero-order chi connectivity index (χ0) is 89.0. The number of nitrogens with two attached hydrogens (primary N) is 1. The number of phenolic OH excluding ortho intramolecular Hbond substituents is 3. The molecule has 2 saturated heterocycles. The van der Waals surface area contributed by atoms with Crippen molar-refractivity contribution in [3.8, 4) is 62.9 Å². The van der Waals surface area contributed by atoms with Gasteiger partial charge in [-0.2, -0.15) is 0 Å². The summed E-state index contributed by atoms with van der Waals surface area (Å²) in [5.41, 5.74) is 2.49. The highest BCUT2D eigenvalue weighted by Crippen LogP contribution is 2.50. The lowest BCUT2D eigenvalue weighted by molar-refractivity contribution is -0.334. The number of primary amides is 1. The van der Waals surface area contributed by atoms with E-state index in [9.17, 15) is 79.8 Å². The SMILES string of the molecule is CN[C@H](CC(C)C)C(=O)N[C@H]1C(=O)N[C@@H](CC(N)=O)C(=O)N[C@H]2C(=O)N[C@H]3C(=O)N[C@H](C(=O)N[C@H](C(=O)O)c4cc(O)cc(O)c4-c4cc3ccc4O)[C@H](O)c3ccc(c(Cl)c3)Oc3cc2cc(c3O[C@@H]2O[C@H](CO)[C@@H](O)[C@H](O)[C@H]2O[C@H]2C[C@](C)(NCc3ccc(OCCCCCCCCCCSC(C)=O)cc3)[C@H](O)[C@H](C)O2)Oc2ccc(cc2Cl)[C@H]1O. The smallest absolute Gasteiger partial charge is 0.330 e. The molecule has 38 heteroatoms. The molecule has 0 saturated carbocycles. The topological polar surface area (TPSA) is 543 Å². The van der Waals surface area contributed by atoms with E-state index >= 15 is 14.4 Å². The molecule has 6 aromatic rings. The van der Waals surface area contributed by atoms with E-state index in [0.717, 1.165) is 129 Å². The monoisotopic (exact) mass is 1770 g/mol. The van der Waals surface area contributed by atoms with Gasteiger partial charge in [0.15, 0.2) is 35.1 Å². The second-order valence-electron chi connectivity index (χ2n) is 31.6. The van der Waals surface area contributed by atoms with E-state index in [0.29, 0.717) is 12.4 Å². The van der Waals surface area contributed by atoms with Crippen molar-refractivity contribution in [2.45, 2.75) is 221 Å². The normalized spacial score (nSPS) is 26.2. The molecule has 35 nitrogen and oxygen atoms in total. The number of carbonyl (C=O) groups excluding carboxylic acids is 8. The van der Waals surface area contributed by atoms with Gasteiger partial charge < -0.3 is 132 Å². The Kier molecular flexibility index (Phi) is 31.6. The second-order valence-corrected chi connectivity index (χ2v) is 33.7. The molecule has 0 unspecified atom stereocenters. The highest BCUT2D eigenvalue weighted by molar-refractivity contribution is 8.13.